The summed E-state index contributed by atoms with van der Waals surface area (Å²) in [6.07, 6.45) is 0.789. The summed E-state index contributed by atoms with van der Waals surface area (Å²) >= 11 is 0. The van der Waals surface area contributed by atoms with Crippen LogP contribution >= 0.6 is 0 Å². The molecule has 1 N–H and O–H groups in total. The van der Waals surface area contributed by atoms with E-state index < -0.39 is 0 Å². The molecule has 0 aliphatic heterocycles. The number of benzene rings is 2. The SMILES string of the molecule is COCC(=O)NCc1nc2ccccc2n1CCCOc1ccccc1OC. The van der Waals surface area contributed by atoms with E-state index in [0.717, 1.165) is 41.3 Å². The van der Waals surface area contributed by atoms with Gasteiger partial charge >= 0.3 is 0 Å². The zero-order valence-electron chi connectivity index (χ0n) is 16.2. The van der Waals surface area contributed by atoms with Crippen molar-refractivity contribution in [2.45, 2.75) is 19.5 Å². The van der Waals surface area contributed by atoms with Crippen LogP contribution in [0.3, 0.4) is 0 Å². The van der Waals surface area contributed by atoms with Gasteiger partial charge in [0.2, 0.25) is 5.91 Å². The van der Waals surface area contributed by atoms with Crippen molar-refractivity contribution in [3.63, 3.8) is 0 Å². The van der Waals surface area contributed by atoms with Gasteiger partial charge in [0.05, 0.1) is 31.3 Å². The second-order valence-corrected chi connectivity index (χ2v) is 6.23. The first-order valence-electron chi connectivity index (χ1n) is 9.18. The zero-order valence-corrected chi connectivity index (χ0v) is 16.2. The second-order valence-electron chi connectivity index (χ2n) is 6.23. The number of aryl methyl sites for hydroxylation is 1. The van der Waals surface area contributed by atoms with E-state index >= 15 is 0 Å². The van der Waals surface area contributed by atoms with Crippen molar-refractivity contribution in [3.05, 3.63) is 54.4 Å². The van der Waals surface area contributed by atoms with Crippen molar-refractivity contribution in [1.82, 2.24) is 14.9 Å². The molecule has 0 saturated carbocycles. The maximum absolute atomic E-state index is 11.7. The topological polar surface area (TPSA) is 74.6 Å². The van der Waals surface area contributed by atoms with Crippen molar-refractivity contribution in [1.29, 1.82) is 0 Å². The third kappa shape index (κ3) is 4.80. The van der Waals surface area contributed by atoms with Gasteiger partial charge in [-0.25, -0.2) is 4.98 Å². The minimum Gasteiger partial charge on any atom is -0.493 e. The molecule has 2 aromatic carbocycles. The molecule has 3 aromatic rings. The number of para-hydroxylation sites is 4. The summed E-state index contributed by atoms with van der Waals surface area (Å²) in [6.45, 7) is 1.66. The van der Waals surface area contributed by atoms with Gasteiger partial charge in [-0.1, -0.05) is 24.3 Å². The number of methoxy groups -OCH3 is 2. The highest BCUT2D eigenvalue weighted by atomic mass is 16.5. The number of aromatic nitrogens is 2. The molecule has 7 heteroatoms. The third-order valence-electron chi connectivity index (χ3n) is 4.31. The first-order chi connectivity index (χ1) is 13.7. The summed E-state index contributed by atoms with van der Waals surface area (Å²) in [5, 5.41) is 2.84. The first-order valence-corrected chi connectivity index (χ1v) is 9.18. The molecule has 1 heterocycles. The summed E-state index contributed by atoms with van der Waals surface area (Å²) in [5.74, 6) is 2.09. The van der Waals surface area contributed by atoms with Crippen LogP contribution in [0.2, 0.25) is 0 Å². The van der Waals surface area contributed by atoms with E-state index in [0.29, 0.717) is 13.2 Å². The van der Waals surface area contributed by atoms with Crippen molar-refractivity contribution < 1.29 is 19.0 Å². The van der Waals surface area contributed by atoms with Crippen molar-refractivity contribution >= 4 is 16.9 Å². The van der Waals surface area contributed by atoms with Crippen LogP contribution in [0.4, 0.5) is 0 Å². The molecule has 0 unspecified atom stereocenters. The van der Waals surface area contributed by atoms with Crippen LogP contribution in [0.15, 0.2) is 48.5 Å². The molecule has 0 atom stereocenters. The number of rotatable bonds is 10. The van der Waals surface area contributed by atoms with E-state index in [1.165, 1.54) is 7.11 Å². The summed E-state index contributed by atoms with van der Waals surface area (Å²) in [5.41, 5.74) is 1.94. The van der Waals surface area contributed by atoms with Gasteiger partial charge in [-0.15, -0.1) is 0 Å². The van der Waals surface area contributed by atoms with Gasteiger partial charge in [0.25, 0.3) is 0 Å². The van der Waals surface area contributed by atoms with Gasteiger partial charge in [-0.05, 0) is 30.7 Å². The molecular weight excluding hydrogens is 358 g/mol. The summed E-state index contributed by atoms with van der Waals surface area (Å²) in [7, 11) is 3.13. The Morgan fingerprint density at radius 3 is 2.61 bits per heavy atom. The average molecular weight is 383 g/mol. The number of carbonyl (C=O) groups is 1. The van der Waals surface area contributed by atoms with Gasteiger partial charge in [0, 0.05) is 13.7 Å². The third-order valence-corrected chi connectivity index (χ3v) is 4.31. The molecule has 3 rings (SSSR count). The molecule has 0 saturated heterocycles. The molecule has 0 spiro atoms. The first kappa shape index (κ1) is 19.7. The molecule has 1 aromatic heterocycles. The van der Waals surface area contributed by atoms with E-state index in [-0.39, 0.29) is 12.5 Å². The molecule has 28 heavy (non-hydrogen) atoms. The average Bonchev–Trinajstić information content (AvgIpc) is 3.07. The van der Waals surface area contributed by atoms with Crippen LogP contribution in [0.1, 0.15) is 12.2 Å². The van der Waals surface area contributed by atoms with Crippen LogP contribution < -0.4 is 14.8 Å². The maximum atomic E-state index is 11.7. The van der Waals surface area contributed by atoms with E-state index in [4.69, 9.17) is 14.2 Å². The molecular formula is C21H25N3O4. The number of nitrogens with zero attached hydrogens (tertiary/aromatic N) is 2. The van der Waals surface area contributed by atoms with Crippen molar-refractivity contribution in [2.75, 3.05) is 27.4 Å². The van der Waals surface area contributed by atoms with Crippen LogP contribution in [-0.4, -0.2) is 42.9 Å². The molecule has 0 aliphatic carbocycles. The minimum atomic E-state index is -0.166. The Balaban J connectivity index is 1.65. The lowest BCUT2D eigenvalue weighted by atomic mass is 10.3. The fraction of sp³-hybridized carbons (Fsp3) is 0.333. The molecule has 148 valence electrons. The predicted octanol–water partition coefficient (Wildman–Crippen LogP) is 2.78. The van der Waals surface area contributed by atoms with E-state index in [2.05, 4.69) is 14.9 Å². The summed E-state index contributed by atoms with van der Waals surface area (Å²) in [6, 6.07) is 15.5. The van der Waals surface area contributed by atoms with E-state index in [1.54, 1.807) is 7.11 Å². The van der Waals surface area contributed by atoms with Gasteiger partial charge in [-0.2, -0.15) is 0 Å². The second kappa shape index (κ2) is 9.75. The summed E-state index contributed by atoms with van der Waals surface area (Å²) in [4.78, 5) is 16.4. The number of hydrogen-bond acceptors (Lipinski definition) is 5. The number of imidazole rings is 1. The van der Waals surface area contributed by atoms with Crippen molar-refractivity contribution in [2.24, 2.45) is 0 Å². The Morgan fingerprint density at radius 1 is 1.07 bits per heavy atom. The highest BCUT2D eigenvalue weighted by molar-refractivity contribution is 5.78. The minimum absolute atomic E-state index is 0.0347. The van der Waals surface area contributed by atoms with Gasteiger partial charge < -0.3 is 24.1 Å². The molecule has 7 nitrogen and oxygen atoms in total. The standard InChI is InChI=1S/C21H25N3O4/c1-26-15-21(25)22-14-20-23-16-8-3-4-9-17(16)24(20)12-7-13-28-19-11-6-5-10-18(19)27-2/h3-6,8-11H,7,12-15H2,1-2H3,(H,22,25). The quantitative estimate of drug-likeness (QED) is 0.545. The van der Waals surface area contributed by atoms with Crippen LogP contribution in [0, 0.1) is 0 Å². The number of ether oxygens (including phenoxy) is 3. The van der Waals surface area contributed by atoms with Gasteiger partial charge in [0.1, 0.15) is 12.4 Å². The molecule has 0 fully saturated rings. The van der Waals surface area contributed by atoms with Gasteiger partial charge in [0.15, 0.2) is 11.5 Å². The van der Waals surface area contributed by atoms with Crippen LogP contribution in [-0.2, 0) is 22.6 Å². The Bertz CT molecular complexity index is 923. The van der Waals surface area contributed by atoms with Crippen LogP contribution in [0.5, 0.6) is 11.5 Å². The number of carbonyl (C=O) groups excluding carboxylic acids is 1. The highest BCUT2D eigenvalue weighted by Gasteiger charge is 2.12. The fourth-order valence-corrected chi connectivity index (χ4v) is 3.01. The van der Waals surface area contributed by atoms with Gasteiger partial charge in [-0.3, -0.25) is 4.79 Å². The number of nitrogens with one attached hydrogen (secondary N) is 1. The number of fused-ring (bicyclic) bond motifs is 1. The Kier molecular flexibility index (Phi) is 6.86. The van der Waals surface area contributed by atoms with E-state index in [9.17, 15) is 4.79 Å². The lowest BCUT2D eigenvalue weighted by molar-refractivity contribution is -0.124. The molecule has 0 radical (unpaired) electrons. The van der Waals surface area contributed by atoms with E-state index in [1.807, 2.05) is 48.5 Å². The Morgan fingerprint density at radius 2 is 1.82 bits per heavy atom. The Labute approximate surface area is 164 Å². The Hall–Kier alpha value is -3.06. The fourth-order valence-electron chi connectivity index (χ4n) is 3.01. The summed E-state index contributed by atoms with van der Waals surface area (Å²) < 4.78 is 18.1. The highest BCUT2D eigenvalue weighted by Crippen LogP contribution is 2.26. The smallest absolute Gasteiger partial charge is 0.246 e. The van der Waals surface area contributed by atoms with Crippen molar-refractivity contribution in [3.8, 4) is 11.5 Å². The number of hydrogen-bond donors (Lipinski definition) is 1. The lowest BCUT2D eigenvalue weighted by Gasteiger charge is -2.12. The molecule has 0 bridgehead atoms. The normalized spacial score (nSPS) is 10.8. The maximum Gasteiger partial charge on any atom is 0.246 e. The number of amides is 1. The predicted molar refractivity (Wildman–Crippen MR) is 107 cm³/mol. The zero-order chi connectivity index (χ0) is 19.8. The molecule has 0 aliphatic rings. The molecule has 1 amide bonds. The van der Waals surface area contributed by atoms with Crippen LogP contribution in [0.25, 0.3) is 11.0 Å². The monoisotopic (exact) mass is 383 g/mol. The largest absolute Gasteiger partial charge is 0.493 e. The lowest BCUT2D eigenvalue weighted by Crippen LogP contribution is -2.28.